The molecule has 0 saturated carbocycles. The van der Waals surface area contributed by atoms with Crippen molar-refractivity contribution in [2.75, 3.05) is 25.0 Å². The normalized spacial score (nSPS) is 7.10. The Labute approximate surface area is 71.6 Å². The van der Waals surface area contributed by atoms with E-state index in [1.807, 2.05) is 25.0 Å². The van der Waals surface area contributed by atoms with E-state index in [0.717, 1.165) is 0 Å². The highest BCUT2D eigenvalue weighted by atomic mass is 32.2. The van der Waals surface area contributed by atoms with E-state index in [2.05, 4.69) is 0 Å². The molecule has 0 aliphatic heterocycles. The van der Waals surface area contributed by atoms with Gasteiger partial charge in [-0.3, -0.25) is 4.57 Å². The molecule has 66 valence electrons. The van der Waals surface area contributed by atoms with Crippen LogP contribution < -0.4 is 0 Å². The van der Waals surface area contributed by atoms with E-state index in [1.54, 1.807) is 23.5 Å². The zero-order chi connectivity index (χ0) is 8.99. The van der Waals surface area contributed by atoms with Gasteiger partial charge in [-0.25, -0.2) is 0 Å². The summed E-state index contributed by atoms with van der Waals surface area (Å²) >= 11 is 3.50. The van der Waals surface area contributed by atoms with Crippen LogP contribution in [0.3, 0.4) is 0 Å². The zero-order valence-corrected chi connectivity index (χ0v) is 9.25. The van der Waals surface area contributed by atoms with Gasteiger partial charge in [0.2, 0.25) is 0 Å². The quantitative estimate of drug-likeness (QED) is 0.585. The molecule has 0 radical (unpaired) electrons. The van der Waals surface area contributed by atoms with Gasteiger partial charge < -0.3 is 9.79 Å². The van der Waals surface area contributed by atoms with E-state index in [9.17, 15) is 0 Å². The molecule has 0 saturated heterocycles. The maximum absolute atomic E-state index is 8.74. The Morgan fingerprint density at radius 3 is 1.00 bits per heavy atom. The smallest absolute Gasteiger partial charge is 0.314 e. The molecule has 0 unspecified atom stereocenters. The summed E-state index contributed by atoms with van der Waals surface area (Å²) in [5, 5.41) is 0. The van der Waals surface area contributed by atoms with E-state index in [-0.39, 0.29) is 0 Å². The molecular formula is C4H15O3PS2. The SMILES string of the molecule is CSC.CSC.O=[PH](O)O. The van der Waals surface area contributed by atoms with Crippen LogP contribution in [0.4, 0.5) is 0 Å². The second-order valence-electron chi connectivity index (χ2n) is 1.10. The summed E-state index contributed by atoms with van der Waals surface area (Å²) < 4.78 is 8.74. The highest BCUT2D eigenvalue weighted by Gasteiger charge is 1.61. The van der Waals surface area contributed by atoms with Gasteiger partial charge in [-0.1, -0.05) is 0 Å². The van der Waals surface area contributed by atoms with Gasteiger partial charge in [-0.05, 0) is 25.0 Å². The molecule has 0 spiro atoms. The number of hydrogen-bond acceptors (Lipinski definition) is 3. The molecule has 0 heterocycles. The molecule has 0 fully saturated rings. The van der Waals surface area contributed by atoms with Crippen LogP contribution in [-0.2, 0) is 4.57 Å². The topological polar surface area (TPSA) is 57.5 Å². The first-order valence-corrected chi connectivity index (χ1v) is 6.85. The van der Waals surface area contributed by atoms with Crippen LogP contribution in [0, 0.1) is 0 Å². The van der Waals surface area contributed by atoms with Crippen molar-refractivity contribution in [1.29, 1.82) is 0 Å². The lowest BCUT2D eigenvalue weighted by Crippen LogP contribution is -1.38. The molecule has 0 aliphatic rings. The van der Waals surface area contributed by atoms with Gasteiger partial charge in [0.25, 0.3) is 0 Å². The van der Waals surface area contributed by atoms with Crippen molar-refractivity contribution in [1.82, 2.24) is 0 Å². The van der Waals surface area contributed by atoms with E-state index in [1.165, 1.54) is 0 Å². The lowest BCUT2D eigenvalue weighted by atomic mass is 11.9. The van der Waals surface area contributed by atoms with Gasteiger partial charge in [0, 0.05) is 0 Å². The number of hydrogen-bond donors (Lipinski definition) is 2. The van der Waals surface area contributed by atoms with Gasteiger partial charge >= 0.3 is 8.25 Å². The molecular weight excluding hydrogens is 191 g/mol. The van der Waals surface area contributed by atoms with Crippen LogP contribution in [-0.4, -0.2) is 34.8 Å². The fourth-order valence-electron chi connectivity index (χ4n) is 0. The Balaban J connectivity index is -0.0000000750. The summed E-state index contributed by atoms with van der Waals surface area (Å²) in [5.74, 6) is 0. The molecule has 0 aromatic heterocycles. The Morgan fingerprint density at radius 1 is 1.00 bits per heavy atom. The molecule has 0 aromatic rings. The maximum Gasteiger partial charge on any atom is 0.314 e. The Morgan fingerprint density at radius 2 is 1.00 bits per heavy atom. The van der Waals surface area contributed by atoms with Crippen molar-refractivity contribution in [2.24, 2.45) is 0 Å². The zero-order valence-electron chi connectivity index (χ0n) is 6.62. The van der Waals surface area contributed by atoms with E-state index >= 15 is 0 Å². The Kier molecular flexibility index (Phi) is 38.5. The van der Waals surface area contributed by atoms with Crippen LogP contribution in [0.5, 0.6) is 0 Å². The predicted molar refractivity (Wildman–Crippen MR) is 52.3 cm³/mol. The first-order chi connectivity index (χ1) is 4.56. The minimum Gasteiger partial charge on any atom is -0.326 e. The summed E-state index contributed by atoms with van der Waals surface area (Å²) in [6.45, 7) is 0. The molecule has 3 nitrogen and oxygen atoms in total. The molecule has 6 heteroatoms. The summed E-state index contributed by atoms with van der Waals surface area (Å²) in [6, 6.07) is 0. The fraction of sp³-hybridized carbons (Fsp3) is 1.00. The molecule has 0 aromatic carbocycles. The maximum atomic E-state index is 8.74. The average Bonchev–Trinajstić information content (AvgIpc) is 1.65. The largest absolute Gasteiger partial charge is 0.326 e. The van der Waals surface area contributed by atoms with E-state index in [4.69, 9.17) is 14.4 Å². The monoisotopic (exact) mass is 206 g/mol. The van der Waals surface area contributed by atoms with Crippen LogP contribution in [0.25, 0.3) is 0 Å². The van der Waals surface area contributed by atoms with Gasteiger partial charge in [0.15, 0.2) is 0 Å². The first kappa shape index (κ1) is 17.1. The number of rotatable bonds is 0. The first-order valence-electron chi connectivity index (χ1n) is 2.28. The fourth-order valence-corrected chi connectivity index (χ4v) is 0. The average molecular weight is 206 g/mol. The third kappa shape index (κ3) is 755. The van der Waals surface area contributed by atoms with Crippen molar-refractivity contribution < 1.29 is 14.4 Å². The van der Waals surface area contributed by atoms with Crippen molar-refractivity contribution >= 4 is 31.8 Å². The van der Waals surface area contributed by atoms with E-state index < -0.39 is 8.25 Å². The van der Waals surface area contributed by atoms with Crippen LogP contribution in [0.2, 0.25) is 0 Å². The predicted octanol–water partition coefficient (Wildman–Crippen LogP) is 1.32. The molecule has 0 atom stereocenters. The Hall–Kier alpha value is 0.850. The highest BCUT2D eigenvalue weighted by Crippen LogP contribution is 1.98. The summed E-state index contributed by atoms with van der Waals surface area (Å²) in [4.78, 5) is 14.3. The van der Waals surface area contributed by atoms with Crippen molar-refractivity contribution in [2.45, 2.75) is 0 Å². The van der Waals surface area contributed by atoms with Gasteiger partial charge in [0.05, 0.1) is 0 Å². The second kappa shape index (κ2) is 22.5. The van der Waals surface area contributed by atoms with Crippen LogP contribution in [0.1, 0.15) is 0 Å². The molecule has 0 bridgehead atoms. The van der Waals surface area contributed by atoms with Crippen LogP contribution in [0.15, 0.2) is 0 Å². The number of thioether (sulfide) groups is 2. The standard InChI is InChI=1S/2C2H6S.H3O3P/c2*1-3-2;1-4(2)3/h2*1-2H3;4H,(H2,1,2,3). The third-order valence-corrected chi connectivity index (χ3v) is 0. The molecule has 0 amide bonds. The lowest BCUT2D eigenvalue weighted by Gasteiger charge is -1.61. The van der Waals surface area contributed by atoms with Gasteiger partial charge in [0.1, 0.15) is 0 Å². The summed E-state index contributed by atoms with van der Waals surface area (Å²) in [5.41, 5.74) is 0. The van der Waals surface area contributed by atoms with Crippen molar-refractivity contribution in [3.63, 3.8) is 0 Å². The second-order valence-corrected chi connectivity index (χ2v) is 3.30. The Bertz CT molecular complexity index is 56.5. The van der Waals surface area contributed by atoms with Gasteiger partial charge in [-0.15, -0.1) is 0 Å². The van der Waals surface area contributed by atoms with Gasteiger partial charge in [-0.2, -0.15) is 23.5 Å². The minimum absolute atomic E-state index is 1.75. The summed E-state index contributed by atoms with van der Waals surface area (Å²) in [6.07, 6.45) is 8.17. The van der Waals surface area contributed by atoms with Crippen molar-refractivity contribution in [3.8, 4) is 0 Å². The molecule has 0 aliphatic carbocycles. The minimum atomic E-state index is -3.13. The molecule has 0 rings (SSSR count). The van der Waals surface area contributed by atoms with Crippen molar-refractivity contribution in [3.05, 3.63) is 0 Å². The molecule has 10 heavy (non-hydrogen) atoms. The van der Waals surface area contributed by atoms with E-state index in [0.29, 0.717) is 0 Å². The van der Waals surface area contributed by atoms with Crippen LogP contribution >= 0.6 is 31.8 Å². The third-order valence-electron chi connectivity index (χ3n) is 0. The highest BCUT2D eigenvalue weighted by molar-refractivity contribution is 7.98. The molecule has 2 N–H and O–H groups in total. The summed E-state index contributed by atoms with van der Waals surface area (Å²) in [7, 11) is -3.13. The lowest BCUT2D eigenvalue weighted by molar-refractivity contribution is 0.405.